The lowest BCUT2D eigenvalue weighted by molar-refractivity contribution is -0.192. The Kier molecular flexibility index (Phi) is 7.17. The van der Waals surface area contributed by atoms with Gasteiger partial charge in [0, 0.05) is 35.1 Å². The Morgan fingerprint density at radius 3 is 2.37 bits per heavy atom. The molecule has 1 amide bonds. The molecule has 6 nitrogen and oxygen atoms in total. The Bertz CT molecular complexity index is 786. The first-order chi connectivity index (χ1) is 12.7. The van der Waals surface area contributed by atoms with Crippen molar-refractivity contribution in [3.05, 3.63) is 44.9 Å². The van der Waals surface area contributed by atoms with Crippen molar-refractivity contribution in [1.82, 2.24) is 10.3 Å². The molecule has 2 heterocycles. The highest BCUT2D eigenvalue weighted by Crippen LogP contribution is 2.22. The summed E-state index contributed by atoms with van der Waals surface area (Å²) in [6.45, 7) is 1.88. The van der Waals surface area contributed by atoms with Crippen LogP contribution < -0.4 is 10.6 Å². The van der Waals surface area contributed by atoms with Gasteiger partial charge in [-0.2, -0.15) is 13.2 Å². The fraction of sp³-hybridized carbons (Fsp3) is 0.312. The number of amides is 1. The summed E-state index contributed by atoms with van der Waals surface area (Å²) in [6.07, 6.45) is -3.25. The Labute approximate surface area is 161 Å². The van der Waals surface area contributed by atoms with Crippen molar-refractivity contribution >= 4 is 40.5 Å². The van der Waals surface area contributed by atoms with E-state index in [9.17, 15) is 18.0 Å². The number of carbonyl (C=O) groups is 2. The molecule has 0 spiro atoms. The van der Waals surface area contributed by atoms with Gasteiger partial charge in [0.2, 0.25) is 0 Å². The number of alkyl halides is 3. The summed E-state index contributed by atoms with van der Waals surface area (Å²) in [5.41, 5.74) is 1.78. The zero-order chi connectivity index (χ0) is 20.0. The van der Waals surface area contributed by atoms with Crippen LogP contribution in [-0.4, -0.2) is 41.2 Å². The third-order valence-corrected chi connectivity index (χ3v) is 4.79. The number of anilines is 1. The molecule has 0 atom stereocenters. The van der Waals surface area contributed by atoms with Crippen molar-refractivity contribution in [2.75, 3.05) is 18.4 Å². The van der Waals surface area contributed by atoms with Crippen LogP contribution in [0.5, 0.6) is 0 Å². The molecule has 0 bridgehead atoms. The van der Waals surface area contributed by atoms with Crippen LogP contribution in [0.3, 0.4) is 0 Å². The standard InChI is InChI=1S/C14H14ClN3OS.C2HF3O2/c15-9-1-3-10(4-2-9)17-13(19)14-18-11-5-7-16-8-6-12(11)20-14;3-2(4,5)1(6)7/h1-4,16H,5-8H2,(H,17,19);(H,6,7). The molecule has 1 aromatic carbocycles. The van der Waals surface area contributed by atoms with E-state index < -0.39 is 12.1 Å². The summed E-state index contributed by atoms with van der Waals surface area (Å²) in [4.78, 5) is 26.8. The highest BCUT2D eigenvalue weighted by molar-refractivity contribution is 7.13. The van der Waals surface area contributed by atoms with E-state index in [0.717, 1.165) is 37.3 Å². The Morgan fingerprint density at radius 1 is 1.19 bits per heavy atom. The van der Waals surface area contributed by atoms with Gasteiger partial charge in [0.25, 0.3) is 5.91 Å². The van der Waals surface area contributed by atoms with Crippen molar-refractivity contribution in [2.24, 2.45) is 0 Å². The summed E-state index contributed by atoms with van der Waals surface area (Å²) in [7, 11) is 0. The smallest absolute Gasteiger partial charge is 0.475 e. The molecule has 0 saturated carbocycles. The molecule has 3 N–H and O–H groups in total. The molecule has 0 fully saturated rings. The van der Waals surface area contributed by atoms with E-state index in [1.807, 2.05) is 0 Å². The molecule has 146 valence electrons. The number of aromatic nitrogens is 1. The lowest BCUT2D eigenvalue weighted by Gasteiger charge is -2.02. The highest BCUT2D eigenvalue weighted by atomic mass is 35.5. The number of nitrogens with zero attached hydrogens (tertiary/aromatic N) is 1. The second-order valence-corrected chi connectivity index (χ2v) is 6.92. The van der Waals surface area contributed by atoms with E-state index in [2.05, 4.69) is 15.6 Å². The lowest BCUT2D eigenvalue weighted by Crippen LogP contribution is -2.21. The zero-order valence-corrected chi connectivity index (χ0v) is 15.3. The number of carbonyl (C=O) groups excluding carboxylic acids is 1. The minimum Gasteiger partial charge on any atom is -0.475 e. The molecule has 1 aromatic heterocycles. The molecule has 0 unspecified atom stereocenters. The molecule has 0 aliphatic carbocycles. The second kappa shape index (κ2) is 9.16. The molecule has 1 aliphatic rings. The predicted octanol–water partition coefficient (Wildman–Crippen LogP) is 3.37. The minimum absolute atomic E-state index is 0.154. The van der Waals surface area contributed by atoms with Crippen LogP contribution in [-0.2, 0) is 17.6 Å². The van der Waals surface area contributed by atoms with E-state index in [4.69, 9.17) is 21.5 Å². The van der Waals surface area contributed by atoms with Gasteiger partial charge in [0.1, 0.15) is 0 Å². The first-order valence-corrected chi connectivity index (χ1v) is 8.92. The Morgan fingerprint density at radius 2 is 1.78 bits per heavy atom. The highest BCUT2D eigenvalue weighted by Gasteiger charge is 2.38. The molecule has 3 rings (SSSR count). The maximum absolute atomic E-state index is 12.2. The van der Waals surface area contributed by atoms with Crippen molar-refractivity contribution in [3.8, 4) is 0 Å². The van der Waals surface area contributed by atoms with Gasteiger partial charge in [-0.25, -0.2) is 9.78 Å². The summed E-state index contributed by atoms with van der Waals surface area (Å²) in [5, 5.41) is 14.5. The van der Waals surface area contributed by atoms with E-state index >= 15 is 0 Å². The number of hydrogen-bond acceptors (Lipinski definition) is 5. The van der Waals surface area contributed by atoms with Crippen molar-refractivity contribution in [1.29, 1.82) is 0 Å². The monoisotopic (exact) mass is 421 g/mol. The van der Waals surface area contributed by atoms with Gasteiger partial charge < -0.3 is 15.7 Å². The normalized spacial score (nSPS) is 13.6. The lowest BCUT2D eigenvalue weighted by atomic mass is 10.2. The van der Waals surface area contributed by atoms with Gasteiger partial charge in [-0.3, -0.25) is 4.79 Å². The number of rotatable bonds is 2. The van der Waals surface area contributed by atoms with Crippen LogP contribution in [0.1, 0.15) is 20.4 Å². The SMILES string of the molecule is O=C(Nc1ccc(Cl)cc1)c1nc2c(s1)CCNCC2.O=C(O)C(F)(F)F. The molecule has 0 saturated heterocycles. The van der Waals surface area contributed by atoms with E-state index in [0.29, 0.717) is 10.0 Å². The van der Waals surface area contributed by atoms with Crippen molar-refractivity contribution < 1.29 is 27.9 Å². The van der Waals surface area contributed by atoms with E-state index in [-0.39, 0.29) is 5.91 Å². The molecule has 1 aliphatic heterocycles. The topological polar surface area (TPSA) is 91.3 Å². The number of thiazole rings is 1. The van der Waals surface area contributed by atoms with Gasteiger partial charge in [-0.15, -0.1) is 11.3 Å². The number of nitrogens with one attached hydrogen (secondary N) is 2. The number of aliphatic carboxylic acids is 1. The number of fused-ring (bicyclic) bond motifs is 1. The van der Waals surface area contributed by atoms with Gasteiger partial charge in [0.15, 0.2) is 5.01 Å². The fourth-order valence-electron chi connectivity index (χ4n) is 2.12. The minimum atomic E-state index is -5.08. The largest absolute Gasteiger partial charge is 0.490 e. The van der Waals surface area contributed by atoms with Crippen LogP contribution in [0.15, 0.2) is 24.3 Å². The first kappa shape index (κ1) is 21.1. The third-order valence-electron chi connectivity index (χ3n) is 3.38. The van der Waals surface area contributed by atoms with Crippen LogP contribution in [0.4, 0.5) is 18.9 Å². The number of carboxylic acid groups (broad SMARTS) is 1. The van der Waals surface area contributed by atoms with Crippen LogP contribution >= 0.6 is 22.9 Å². The number of halogens is 4. The molecule has 0 radical (unpaired) electrons. The maximum Gasteiger partial charge on any atom is 0.490 e. The number of benzene rings is 1. The zero-order valence-electron chi connectivity index (χ0n) is 13.8. The number of hydrogen-bond donors (Lipinski definition) is 3. The van der Waals surface area contributed by atoms with Gasteiger partial charge in [0.05, 0.1) is 5.69 Å². The Hall–Kier alpha value is -2.17. The number of carboxylic acids is 1. The van der Waals surface area contributed by atoms with E-state index in [1.54, 1.807) is 24.3 Å². The second-order valence-electron chi connectivity index (χ2n) is 5.40. The maximum atomic E-state index is 12.2. The first-order valence-electron chi connectivity index (χ1n) is 7.73. The average molecular weight is 422 g/mol. The molecular weight excluding hydrogens is 407 g/mol. The van der Waals surface area contributed by atoms with Gasteiger partial charge >= 0.3 is 12.1 Å². The summed E-state index contributed by atoms with van der Waals surface area (Å²) >= 11 is 7.31. The molecule has 27 heavy (non-hydrogen) atoms. The summed E-state index contributed by atoms with van der Waals surface area (Å²) < 4.78 is 31.7. The van der Waals surface area contributed by atoms with Crippen LogP contribution in [0.2, 0.25) is 5.02 Å². The fourth-order valence-corrected chi connectivity index (χ4v) is 3.25. The van der Waals surface area contributed by atoms with Crippen molar-refractivity contribution in [2.45, 2.75) is 19.0 Å². The molecule has 11 heteroatoms. The van der Waals surface area contributed by atoms with E-state index in [1.165, 1.54) is 16.2 Å². The average Bonchev–Trinajstić information content (AvgIpc) is 2.88. The molecule has 2 aromatic rings. The predicted molar refractivity (Wildman–Crippen MR) is 95.5 cm³/mol. The van der Waals surface area contributed by atoms with Gasteiger partial charge in [-0.1, -0.05) is 11.6 Å². The van der Waals surface area contributed by atoms with Crippen molar-refractivity contribution in [3.63, 3.8) is 0 Å². The summed E-state index contributed by atoms with van der Waals surface area (Å²) in [6, 6.07) is 7.06. The quantitative estimate of drug-likeness (QED) is 0.691. The van der Waals surface area contributed by atoms with Crippen LogP contribution in [0.25, 0.3) is 0 Å². The third kappa shape index (κ3) is 6.49. The Balaban J connectivity index is 0.000000321. The summed E-state index contributed by atoms with van der Waals surface area (Å²) in [5.74, 6) is -2.91. The van der Waals surface area contributed by atoms with Gasteiger partial charge in [-0.05, 0) is 30.7 Å². The molecular formula is C16H15ClF3N3O3S. The van der Waals surface area contributed by atoms with Crippen LogP contribution in [0, 0.1) is 0 Å².